The molecule has 1 heteroatoms. The van der Waals surface area contributed by atoms with Gasteiger partial charge >= 0.3 is 0 Å². The molecule has 0 aliphatic carbocycles. The first-order valence-corrected chi connectivity index (χ1v) is 5.08. The van der Waals surface area contributed by atoms with Crippen LogP contribution in [0.15, 0.2) is 42.5 Å². The van der Waals surface area contributed by atoms with Crippen molar-refractivity contribution in [1.82, 2.24) is 0 Å². The monoisotopic (exact) mass is 195 g/mol. The highest BCUT2D eigenvalue weighted by Crippen LogP contribution is 2.14. The zero-order valence-corrected chi connectivity index (χ0v) is 8.53. The predicted molar refractivity (Wildman–Crippen MR) is 64.5 cm³/mol. The third-order valence-corrected chi connectivity index (χ3v) is 2.25. The van der Waals surface area contributed by atoms with Crippen LogP contribution >= 0.6 is 0 Å². The first kappa shape index (κ1) is 9.76. The van der Waals surface area contributed by atoms with Crippen LogP contribution in [0.2, 0.25) is 0 Å². The molecule has 0 saturated carbocycles. The molecule has 0 atom stereocenters. The molecule has 0 spiro atoms. The van der Waals surface area contributed by atoms with E-state index in [9.17, 15) is 0 Å². The van der Waals surface area contributed by atoms with E-state index in [-0.39, 0.29) is 0 Å². The Morgan fingerprint density at radius 1 is 1.00 bits per heavy atom. The summed E-state index contributed by atoms with van der Waals surface area (Å²) in [7, 11) is 0. The Labute approximate surface area is 89.9 Å². The van der Waals surface area contributed by atoms with Crippen molar-refractivity contribution in [3.05, 3.63) is 48.0 Å². The van der Waals surface area contributed by atoms with E-state index in [1.807, 2.05) is 18.2 Å². The number of rotatable bonds is 1. The van der Waals surface area contributed by atoms with E-state index in [4.69, 9.17) is 5.73 Å². The summed E-state index contributed by atoms with van der Waals surface area (Å²) in [6.07, 6.45) is 0.757. The summed E-state index contributed by atoms with van der Waals surface area (Å²) in [6, 6.07) is 14.5. The molecule has 2 aromatic rings. The van der Waals surface area contributed by atoms with Gasteiger partial charge in [0.2, 0.25) is 0 Å². The van der Waals surface area contributed by atoms with Crippen molar-refractivity contribution in [2.45, 2.75) is 6.42 Å². The van der Waals surface area contributed by atoms with Crippen molar-refractivity contribution in [2.75, 3.05) is 6.54 Å². The van der Waals surface area contributed by atoms with Crippen LogP contribution in [0, 0.1) is 11.8 Å². The van der Waals surface area contributed by atoms with Crippen LogP contribution in [0.5, 0.6) is 0 Å². The Bertz CT molecular complexity index is 517. The molecule has 0 saturated heterocycles. The Hall–Kier alpha value is -1.78. The molecule has 0 aromatic heterocycles. The molecule has 0 bridgehead atoms. The van der Waals surface area contributed by atoms with E-state index in [0.29, 0.717) is 6.54 Å². The van der Waals surface area contributed by atoms with Gasteiger partial charge in [0.1, 0.15) is 0 Å². The third kappa shape index (κ3) is 2.37. The number of hydrogen-bond acceptors (Lipinski definition) is 1. The SMILES string of the molecule is NCCC#Cc1ccc2ccccc2c1. The highest BCUT2D eigenvalue weighted by Gasteiger charge is 1.92. The summed E-state index contributed by atoms with van der Waals surface area (Å²) in [5, 5.41) is 2.49. The fraction of sp³-hybridized carbons (Fsp3) is 0.143. The van der Waals surface area contributed by atoms with Gasteiger partial charge < -0.3 is 5.73 Å². The zero-order valence-electron chi connectivity index (χ0n) is 8.53. The third-order valence-electron chi connectivity index (χ3n) is 2.25. The average molecular weight is 195 g/mol. The maximum absolute atomic E-state index is 5.38. The standard InChI is InChI=1S/C14H13N/c15-10-4-3-5-12-8-9-13-6-1-2-7-14(13)11-12/h1-2,6-9,11H,4,10,15H2. The lowest BCUT2D eigenvalue weighted by atomic mass is 10.1. The fourth-order valence-electron chi connectivity index (χ4n) is 1.50. The number of hydrogen-bond donors (Lipinski definition) is 1. The first-order valence-electron chi connectivity index (χ1n) is 5.08. The minimum Gasteiger partial charge on any atom is -0.330 e. The quantitative estimate of drug-likeness (QED) is 0.695. The summed E-state index contributed by atoms with van der Waals surface area (Å²) < 4.78 is 0. The van der Waals surface area contributed by atoms with Crippen molar-refractivity contribution in [2.24, 2.45) is 5.73 Å². The molecule has 15 heavy (non-hydrogen) atoms. The van der Waals surface area contributed by atoms with Crippen LogP contribution in [-0.4, -0.2) is 6.54 Å². The Morgan fingerprint density at radius 3 is 2.60 bits per heavy atom. The van der Waals surface area contributed by atoms with Gasteiger partial charge in [-0.05, 0) is 22.9 Å². The average Bonchev–Trinajstić information content (AvgIpc) is 2.29. The van der Waals surface area contributed by atoms with Crippen molar-refractivity contribution in [3.8, 4) is 11.8 Å². The minimum absolute atomic E-state index is 0.626. The molecule has 0 aliphatic heterocycles. The van der Waals surface area contributed by atoms with Gasteiger partial charge in [0, 0.05) is 18.5 Å². The van der Waals surface area contributed by atoms with Crippen LogP contribution in [0.25, 0.3) is 10.8 Å². The summed E-state index contributed by atoms with van der Waals surface area (Å²) >= 11 is 0. The fourth-order valence-corrected chi connectivity index (χ4v) is 1.50. The summed E-state index contributed by atoms with van der Waals surface area (Å²) in [6.45, 7) is 0.626. The largest absolute Gasteiger partial charge is 0.330 e. The van der Waals surface area contributed by atoms with Gasteiger partial charge in [-0.25, -0.2) is 0 Å². The second kappa shape index (κ2) is 4.63. The van der Waals surface area contributed by atoms with E-state index in [0.717, 1.165) is 12.0 Å². The van der Waals surface area contributed by atoms with Gasteiger partial charge in [0.15, 0.2) is 0 Å². The van der Waals surface area contributed by atoms with Crippen LogP contribution in [0.3, 0.4) is 0 Å². The van der Waals surface area contributed by atoms with Crippen LogP contribution in [-0.2, 0) is 0 Å². The van der Waals surface area contributed by atoms with Crippen LogP contribution in [0.4, 0.5) is 0 Å². The molecule has 2 rings (SSSR count). The first-order chi connectivity index (χ1) is 7.40. The molecule has 74 valence electrons. The second-order valence-corrected chi connectivity index (χ2v) is 3.40. The number of fused-ring (bicyclic) bond motifs is 1. The normalized spacial score (nSPS) is 9.67. The molecular formula is C14H13N. The summed E-state index contributed by atoms with van der Waals surface area (Å²) in [4.78, 5) is 0. The topological polar surface area (TPSA) is 26.0 Å². The molecule has 0 radical (unpaired) electrons. The molecule has 0 aliphatic rings. The predicted octanol–water partition coefficient (Wildman–Crippen LogP) is 2.54. The van der Waals surface area contributed by atoms with Gasteiger partial charge in [-0.15, -0.1) is 0 Å². The number of benzene rings is 2. The molecular weight excluding hydrogens is 182 g/mol. The molecule has 0 amide bonds. The maximum Gasteiger partial charge on any atom is 0.0251 e. The lowest BCUT2D eigenvalue weighted by Crippen LogP contribution is -1.95. The Kier molecular flexibility index (Phi) is 3.02. The van der Waals surface area contributed by atoms with Crippen molar-refractivity contribution in [3.63, 3.8) is 0 Å². The molecule has 1 nitrogen and oxygen atoms in total. The van der Waals surface area contributed by atoms with Crippen molar-refractivity contribution in [1.29, 1.82) is 0 Å². The number of nitrogens with two attached hydrogens (primary N) is 1. The van der Waals surface area contributed by atoms with Gasteiger partial charge in [-0.1, -0.05) is 42.2 Å². The van der Waals surface area contributed by atoms with Crippen molar-refractivity contribution >= 4 is 10.8 Å². The van der Waals surface area contributed by atoms with Gasteiger partial charge in [0.25, 0.3) is 0 Å². The lowest BCUT2D eigenvalue weighted by Gasteiger charge is -1.97. The van der Waals surface area contributed by atoms with Gasteiger partial charge in [-0.3, -0.25) is 0 Å². The zero-order chi connectivity index (χ0) is 10.5. The Morgan fingerprint density at radius 2 is 1.80 bits per heavy atom. The van der Waals surface area contributed by atoms with Crippen LogP contribution in [0.1, 0.15) is 12.0 Å². The summed E-state index contributed by atoms with van der Waals surface area (Å²) in [5.41, 5.74) is 6.44. The Balaban J connectivity index is 2.36. The van der Waals surface area contributed by atoms with Gasteiger partial charge in [0.05, 0.1) is 0 Å². The highest BCUT2D eigenvalue weighted by molar-refractivity contribution is 5.83. The minimum atomic E-state index is 0.626. The van der Waals surface area contributed by atoms with E-state index in [1.165, 1.54) is 10.8 Å². The van der Waals surface area contributed by atoms with Crippen molar-refractivity contribution < 1.29 is 0 Å². The molecule has 0 unspecified atom stereocenters. The smallest absolute Gasteiger partial charge is 0.0251 e. The molecule has 0 fully saturated rings. The second-order valence-electron chi connectivity index (χ2n) is 3.40. The lowest BCUT2D eigenvalue weighted by molar-refractivity contribution is 1.03. The van der Waals surface area contributed by atoms with E-state index in [2.05, 4.69) is 36.1 Å². The van der Waals surface area contributed by atoms with Crippen LogP contribution < -0.4 is 5.73 Å². The highest BCUT2D eigenvalue weighted by atomic mass is 14.5. The molecule has 2 aromatic carbocycles. The van der Waals surface area contributed by atoms with E-state index < -0.39 is 0 Å². The summed E-state index contributed by atoms with van der Waals surface area (Å²) in [5.74, 6) is 6.15. The molecule has 0 heterocycles. The van der Waals surface area contributed by atoms with Gasteiger partial charge in [-0.2, -0.15) is 0 Å². The van der Waals surface area contributed by atoms with E-state index >= 15 is 0 Å². The van der Waals surface area contributed by atoms with E-state index in [1.54, 1.807) is 0 Å². The molecule has 2 N–H and O–H groups in total. The maximum atomic E-state index is 5.38.